The molecule has 1 unspecified atom stereocenters. The van der Waals surface area contributed by atoms with Crippen LogP contribution in [0.1, 0.15) is 12.5 Å². The number of carbonyl (C=O) groups excluding carboxylic acids is 3. The van der Waals surface area contributed by atoms with Gasteiger partial charge < -0.3 is 19.8 Å². The Hall–Kier alpha value is -3.88. The lowest BCUT2D eigenvalue weighted by atomic mass is 9.74. The number of nitrogens with zero attached hydrogens (tertiary/aromatic N) is 3. The maximum Gasteiger partial charge on any atom is 0.251 e. The molecule has 0 aliphatic carbocycles. The highest BCUT2D eigenvalue weighted by Gasteiger charge is 2.73. The first-order valence-corrected chi connectivity index (χ1v) is 15.3. The summed E-state index contributed by atoms with van der Waals surface area (Å²) in [7, 11) is 0. The number of rotatable bonds is 5. The molecule has 0 bridgehead atoms. The standard InChI is InChI=1S/C34H33N3O4S/c1-33-15-7-17-35(22-23-9-3-2-4-10-23)30(39)27(33)28-31(40)37(19-20-38)29-32(41)36(18-8-16-34(28,29)42-33)26-14-13-24-11-5-6-12-25(24)21-26/h2-16,21,27-29,38H,17-20,22H2,1H3/t27-,28-,29?,33+,34-/m0/s1. The molecule has 7 rings (SSSR count). The minimum Gasteiger partial charge on any atom is -0.395 e. The van der Waals surface area contributed by atoms with Crippen LogP contribution in [0.3, 0.4) is 0 Å². The van der Waals surface area contributed by atoms with Crippen molar-refractivity contribution >= 4 is 45.9 Å². The number of aliphatic hydroxyl groups is 1. The average molecular weight is 580 g/mol. The zero-order chi connectivity index (χ0) is 29.1. The number of thioether (sulfide) groups is 1. The highest BCUT2D eigenvalue weighted by Crippen LogP contribution is 2.65. The van der Waals surface area contributed by atoms with Gasteiger partial charge in [-0.25, -0.2) is 0 Å². The highest BCUT2D eigenvalue weighted by atomic mass is 32.2. The Bertz CT molecular complexity index is 1640. The van der Waals surface area contributed by atoms with Gasteiger partial charge in [-0.15, -0.1) is 11.8 Å². The zero-order valence-corrected chi connectivity index (χ0v) is 24.2. The zero-order valence-electron chi connectivity index (χ0n) is 23.4. The fourth-order valence-electron chi connectivity index (χ4n) is 7.44. The molecule has 3 aromatic carbocycles. The van der Waals surface area contributed by atoms with Crippen LogP contribution in [0.4, 0.5) is 5.69 Å². The van der Waals surface area contributed by atoms with E-state index in [0.717, 1.165) is 22.0 Å². The minimum atomic E-state index is -0.940. The quantitative estimate of drug-likeness (QED) is 0.462. The Balaban J connectivity index is 1.30. The Morgan fingerprint density at radius 2 is 1.57 bits per heavy atom. The summed E-state index contributed by atoms with van der Waals surface area (Å²) < 4.78 is -1.61. The molecule has 4 aliphatic heterocycles. The summed E-state index contributed by atoms with van der Waals surface area (Å²) in [5.74, 6) is -1.88. The molecule has 4 aliphatic rings. The second kappa shape index (κ2) is 10.1. The number of amides is 3. The van der Waals surface area contributed by atoms with E-state index in [-0.39, 0.29) is 30.9 Å². The Labute approximate surface area is 249 Å². The number of hydrogen-bond acceptors (Lipinski definition) is 5. The van der Waals surface area contributed by atoms with Crippen molar-refractivity contribution in [2.45, 2.75) is 29.0 Å². The lowest BCUT2D eigenvalue weighted by molar-refractivity contribution is -0.144. The molecule has 0 saturated carbocycles. The van der Waals surface area contributed by atoms with Crippen molar-refractivity contribution in [2.75, 3.05) is 31.1 Å². The summed E-state index contributed by atoms with van der Waals surface area (Å²) in [5.41, 5.74) is 1.78. The number of aliphatic hydroxyl groups excluding tert-OH is 1. The predicted molar refractivity (Wildman–Crippen MR) is 165 cm³/mol. The monoisotopic (exact) mass is 579 g/mol. The molecular weight excluding hydrogens is 546 g/mol. The van der Waals surface area contributed by atoms with E-state index in [1.54, 1.807) is 16.7 Å². The number of likely N-dealkylation sites (tertiary alicyclic amines) is 1. The van der Waals surface area contributed by atoms with E-state index < -0.39 is 27.4 Å². The van der Waals surface area contributed by atoms with Gasteiger partial charge in [0.15, 0.2) is 0 Å². The van der Waals surface area contributed by atoms with E-state index in [4.69, 9.17) is 0 Å². The molecule has 8 heteroatoms. The molecular formula is C34H33N3O4S. The van der Waals surface area contributed by atoms with Crippen LogP contribution in [0.15, 0.2) is 97.1 Å². The normalized spacial score (nSPS) is 30.4. The number of benzene rings is 3. The lowest BCUT2D eigenvalue weighted by Gasteiger charge is -2.36. The molecule has 214 valence electrons. The van der Waals surface area contributed by atoms with Gasteiger partial charge in [-0.2, -0.15) is 0 Å². The second-order valence-corrected chi connectivity index (χ2v) is 13.5. The molecule has 1 N–H and O–H groups in total. The molecule has 5 atom stereocenters. The highest BCUT2D eigenvalue weighted by molar-refractivity contribution is 8.02. The summed E-state index contributed by atoms with van der Waals surface area (Å²) in [5, 5.41) is 12.1. The SMILES string of the molecule is C[C@@]12C=CCN(Cc3ccccc3)C(=O)[C@@H]1[C@H]1C(=O)N(CCO)C3C(=O)N(c4ccc5ccccc5c4)CC=C[C@@]31S2. The van der Waals surface area contributed by atoms with Crippen molar-refractivity contribution in [3.63, 3.8) is 0 Å². The van der Waals surface area contributed by atoms with E-state index >= 15 is 0 Å². The van der Waals surface area contributed by atoms with E-state index in [1.165, 1.54) is 4.90 Å². The van der Waals surface area contributed by atoms with Crippen LogP contribution in [-0.4, -0.2) is 74.4 Å². The molecule has 4 heterocycles. The Morgan fingerprint density at radius 3 is 2.36 bits per heavy atom. The van der Waals surface area contributed by atoms with Gasteiger partial charge in [-0.3, -0.25) is 14.4 Å². The number of β-amino-alcohol motifs (C(OH)–C–C–N with tert-alkyl or cyclic N) is 1. The van der Waals surface area contributed by atoms with Crippen LogP contribution in [0.5, 0.6) is 0 Å². The maximum atomic E-state index is 14.6. The van der Waals surface area contributed by atoms with Gasteiger partial charge in [-0.1, -0.05) is 85.0 Å². The van der Waals surface area contributed by atoms with Crippen molar-refractivity contribution in [1.82, 2.24) is 9.80 Å². The number of carbonyl (C=O) groups is 3. The predicted octanol–water partition coefficient (Wildman–Crippen LogP) is 4.02. The van der Waals surface area contributed by atoms with Crippen LogP contribution < -0.4 is 4.90 Å². The molecule has 2 saturated heterocycles. The summed E-state index contributed by atoms with van der Waals surface area (Å²) in [6, 6.07) is 23.0. The molecule has 3 aromatic rings. The summed E-state index contributed by atoms with van der Waals surface area (Å²) in [4.78, 5) is 48.4. The van der Waals surface area contributed by atoms with E-state index in [1.807, 2.05) is 103 Å². The van der Waals surface area contributed by atoms with E-state index in [9.17, 15) is 19.5 Å². The number of hydrogen-bond donors (Lipinski definition) is 1. The van der Waals surface area contributed by atoms with E-state index in [2.05, 4.69) is 6.08 Å². The van der Waals surface area contributed by atoms with Crippen LogP contribution in [0.25, 0.3) is 10.8 Å². The van der Waals surface area contributed by atoms with Crippen LogP contribution in [0.2, 0.25) is 0 Å². The second-order valence-electron chi connectivity index (χ2n) is 11.7. The van der Waals surface area contributed by atoms with Gasteiger partial charge in [0.2, 0.25) is 11.8 Å². The van der Waals surface area contributed by atoms with Crippen LogP contribution in [0, 0.1) is 11.8 Å². The van der Waals surface area contributed by atoms with Crippen LogP contribution in [-0.2, 0) is 20.9 Å². The average Bonchev–Trinajstić information content (AvgIpc) is 3.26. The fraction of sp³-hybridized carbons (Fsp3) is 0.324. The molecule has 2 fully saturated rings. The van der Waals surface area contributed by atoms with Gasteiger partial charge in [0, 0.05) is 36.6 Å². The third-order valence-electron chi connectivity index (χ3n) is 9.24. The van der Waals surface area contributed by atoms with Gasteiger partial charge in [0.05, 0.1) is 23.2 Å². The number of anilines is 1. The minimum absolute atomic E-state index is 0.0364. The van der Waals surface area contributed by atoms with Crippen molar-refractivity contribution in [1.29, 1.82) is 0 Å². The first-order valence-electron chi connectivity index (χ1n) is 14.5. The van der Waals surface area contributed by atoms with Gasteiger partial charge in [0.1, 0.15) is 6.04 Å². The summed E-state index contributed by atoms with van der Waals surface area (Å²) in [6.45, 7) is 3.06. The van der Waals surface area contributed by atoms with Crippen molar-refractivity contribution < 1.29 is 19.5 Å². The summed E-state index contributed by atoms with van der Waals surface area (Å²) >= 11 is 1.56. The van der Waals surface area contributed by atoms with E-state index in [0.29, 0.717) is 19.6 Å². The fourth-order valence-corrected chi connectivity index (χ4v) is 9.60. The molecule has 0 radical (unpaired) electrons. The van der Waals surface area contributed by atoms with Gasteiger partial charge in [-0.05, 0) is 35.4 Å². The van der Waals surface area contributed by atoms with Crippen LogP contribution >= 0.6 is 11.8 Å². The molecule has 0 aromatic heterocycles. The largest absolute Gasteiger partial charge is 0.395 e. The summed E-state index contributed by atoms with van der Waals surface area (Å²) in [6.07, 6.45) is 8.10. The Kier molecular flexibility index (Phi) is 6.51. The topological polar surface area (TPSA) is 81.2 Å². The molecule has 3 amide bonds. The smallest absolute Gasteiger partial charge is 0.251 e. The van der Waals surface area contributed by atoms with Gasteiger partial charge >= 0.3 is 0 Å². The lowest BCUT2D eigenvalue weighted by Crippen LogP contribution is -2.54. The third kappa shape index (κ3) is 4.03. The molecule has 1 spiro atoms. The van der Waals surface area contributed by atoms with Gasteiger partial charge in [0.25, 0.3) is 5.91 Å². The maximum absolute atomic E-state index is 14.6. The Morgan fingerprint density at radius 1 is 0.833 bits per heavy atom. The van der Waals surface area contributed by atoms with Crippen molar-refractivity contribution in [3.8, 4) is 0 Å². The first-order chi connectivity index (χ1) is 20.4. The van der Waals surface area contributed by atoms with Crippen molar-refractivity contribution in [2.24, 2.45) is 11.8 Å². The molecule has 42 heavy (non-hydrogen) atoms. The number of fused-ring (bicyclic) bond motifs is 3. The molecule has 7 nitrogen and oxygen atoms in total. The third-order valence-corrected chi connectivity index (χ3v) is 11.0. The first kappa shape index (κ1) is 27.0. The van der Waals surface area contributed by atoms with Crippen molar-refractivity contribution in [3.05, 3.63) is 103 Å².